The number of ether oxygens (including phenoxy) is 2. The Bertz CT molecular complexity index is 1010. The number of amides is 3. The molecule has 0 saturated carbocycles. The van der Waals surface area contributed by atoms with Gasteiger partial charge in [-0.15, -0.1) is 0 Å². The second-order valence-corrected chi connectivity index (χ2v) is 8.10. The first-order chi connectivity index (χ1) is 15.4. The Morgan fingerprint density at radius 1 is 1.00 bits per heavy atom. The molecular weight excluding hydrogens is 410 g/mol. The predicted octanol–water partition coefficient (Wildman–Crippen LogP) is 2.19. The van der Waals surface area contributed by atoms with Gasteiger partial charge in [0, 0.05) is 24.7 Å². The van der Waals surface area contributed by atoms with E-state index in [4.69, 9.17) is 9.47 Å². The fraction of sp³-hybridized carbons (Fsp3) is 0.375. The fourth-order valence-corrected chi connectivity index (χ4v) is 3.89. The number of carbonyl (C=O) groups excluding carboxylic acids is 3. The summed E-state index contributed by atoms with van der Waals surface area (Å²) >= 11 is 0. The molecule has 1 fully saturated rings. The molecule has 2 aliphatic heterocycles. The molecule has 2 aromatic rings. The number of nitrogens with zero attached hydrogens (tertiary/aromatic N) is 1. The van der Waals surface area contributed by atoms with Crippen molar-refractivity contribution in [3.05, 3.63) is 54.1 Å². The molecule has 0 aromatic heterocycles. The zero-order chi connectivity index (χ0) is 22.7. The van der Waals surface area contributed by atoms with E-state index in [9.17, 15) is 14.4 Å². The number of benzene rings is 2. The molecule has 8 nitrogen and oxygen atoms in total. The summed E-state index contributed by atoms with van der Waals surface area (Å²) in [5.41, 5.74) is 1.65. The van der Waals surface area contributed by atoms with Gasteiger partial charge in [0.2, 0.25) is 17.7 Å². The van der Waals surface area contributed by atoms with Gasteiger partial charge in [0.05, 0.1) is 12.0 Å². The van der Waals surface area contributed by atoms with Crippen LogP contribution in [0.2, 0.25) is 0 Å². The molecule has 2 aliphatic rings. The SMILES string of the molecule is CC(NC(=O)[C@@H](C)NC(=O)C1CC(=O)N(c2ccc3c(c2)OCCO3)C1)c1ccccc1. The Hall–Kier alpha value is -3.55. The molecule has 0 spiro atoms. The van der Waals surface area contributed by atoms with E-state index in [1.165, 1.54) is 0 Å². The van der Waals surface area contributed by atoms with Gasteiger partial charge in [-0.2, -0.15) is 0 Å². The molecule has 4 rings (SSSR count). The summed E-state index contributed by atoms with van der Waals surface area (Å²) in [7, 11) is 0. The quantitative estimate of drug-likeness (QED) is 0.722. The topological polar surface area (TPSA) is 97.0 Å². The Morgan fingerprint density at radius 2 is 1.72 bits per heavy atom. The second-order valence-electron chi connectivity index (χ2n) is 8.10. The maximum Gasteiger partial charge on any atom is 0.242 e. The first kappa shape index (κ1) is 21.7. The molecule has 2 heterocycles. The van der Waals surface area contributed by atoms with Crippen LogP contribution in [0.1, 0.15) is 31.9 Å². The Morgan fingerprint density at radius 3 is 2.47 bits per heavy atom. The van der Waals surface area contributed by atoms with Gasteiger partial charge in [-0.1, -0.05) is 30.3 Å². The predicted molar refractivity (Wildman–Crippen MR) is 118 cm³/mol. The first-order valence-corrected chi connectivity index (χ1v) is 10.8. The van der Waals surface area contributed by atoms with Crippen molar-refractivity contribution >= 4 is 23.4 Å². The van der Waals surface area contributed by atoms with E-state index in [0.717, 1.165) is 5.56 Å². The van der Waals surface area contributed by atoms with Gasteiger partial charge < -0.3 is 25.0 Å². The summed E-state index contributed by atoms with van der Waals surface area (Å²) in [4.78, 5) is 39.4. The molecule has 0 radical (unpaired) electrons. The van der Waals surface area contributed by atoms with Crippen molar-refractivity contribution in [2.75, 3.05) is 24.7 Å². The minimum absolute atomic E-state index is 0.0923. The molecule has 3 atom stereocenters. The van der Waals surface area contributed by atoms with Crippen molar-refractivity contribution in [3.8, 4) is 11.5 Å². The van der Waals surface area contributed by atoms with E-state index in [1.807, 2.05) is 37.3 Å². The zero-order valence-corrected chi connectivity index (χ0v) is 18.2. The monoisotopic (exact) mass is 437 g/mol. The second kappa shape index (κ2) is 9.30. The summed E-state index contributed by atoms with van der Waals surface area (Å²) < 4.78 is 11.1. The van der Waals surface area contributed by atoms with Crippen LogP contribution in [0.5, 0.6) is 11.5 Å². The average Bonchev–Trinajstić information content (AvgIpc) is 3.21. The smallest absolute Gasteiger partial charge is 0.242 e. The van der Waals surface area contributed by atoms with Crippen LogP contribution in [0.4, 0.5) is 5.69 Å². The van der Waals surface area contributed by atoms with Gasteiger partial charge in [0.25, 0.3) is 0 Å². The summed E-state index contributed by atoms with van der Waals surface area (Å²) in [6, 6.07) is 14.0. The summed E-state index contributed by atoms with van der Waals surface area (Å²) in [6.07, 6.45) is 0.0923. The number of rotatable bonds is 6. The minimum atomic E-state index is -0.716. The lowest BCUT2D eigenvalue weighted by molar-refractivity contribution is -0.131. The standard InChI is InChI=1S/C24H27N3O5/c1-15(17-6-4-3-5-7-17)25-23(29)16(2)26-24(30)18-12-22(28)27(14-18)19-8-9-20-21(13-19)32-11-10-31-20/h3-9,13,15-16,18H,10-12,14H2,1-2H3,(H,25,29)(H,26,30)/t15?,16-,18?/m1/s1. The van der Waals surface area contributed by atoms with Crippen molar-refractivity contribution < 1.29 is 23.9 Å². The maximum absolute atomic E-state index is 12.8. The van der Waals surface area contributed by atoms with Gasteiger partial charge in [-0.25, -0.2) is 0 Å². The maximum atomic E-state index is 12.8. The van der Waals surface area contributed by atoms with Gasteiger partial charge in [0.1, 0.15) is 19.3 Å². The first-order valence-electron chi connectivity index (χ1n) is 10.8. The highest BCUT2D eigenvalue weighted by molar-refractivity contribution is 6.01. The van der Waals surface area contributed by atoms with Crippen LogP contribution >= 0.6 is 0 Å². The van der Waals surface area contributed by atoms with Gasteiger partial charge >= 0.3 is 0 Å². The molecule has 2 unspecified atom stereocenters. The van der Waals surface area contributed by atoms with Gasteiger partial charge in [-0.3, -0.25) is 14.4 Å². The van der Waals surface area contributed by atoms with E-state index in [-0.39, 0.29) is 36.7 Å². The van der Waals surface area contributed by atoms with Gasteiger partial charge in [-0.05, 0) is 31.5 Å². The average molecular weight is 437 g/mol. The Balaban J connectivity index is 1.34. The molecule has 3 amide bonds. The van der Waals surface area contributed by atoms with Crippen LogP contribution in [-0.4, -0.2) is 43.5 Å². The van der Waals surface area contributed by atoms with Crippen LogP contribution < -0.4 is 25.0 Å². The highest BCUT2D eigenvalue weighted by atomic mass is 16.6. The Labute approximate surface area is 186 Å². The highest BCUT2D eigenvalue weighted by Gasteiger charge is 2.36. The molecular formula is C24H27N3O5. The molecule has 1 saturated heterocycles. The molecule has 32 heavy (non-hydrogen) atoms. The Kier molecular flexibility index (Phi) is 6.30. The molecule has 8 heteroatoms. The van der Waals surface area contributed by atoms with Crippen LogP contribution in [0, 0.1) is 5.92 Å². The highest BCUT2D eigenvalue weighted by Crippen LogP contribution is 2.36. The molecule has 0 bridgehead atoms. The summed E-state index contributed by atoms with van der Waals surface area (Å²) in [5.74, 6) is -0.0250. The third-order valence-electron chi connectivity index (χ3n) is 5.74. The third-order valence-corrected chi connectivity index (χ3v) is 5.74. The third kappa shape index (κ3) is 4.69. The van der Waals surface area contributed by atoms with Crippen LogP contribution in [0.25, 0.3) is 0 Å². The van der Waals surface area contributed by atoms with Crippen molar-refractivity contribution in [2.45, 2.75) is 32.4 Å². The normalized spacial score (nSPS) is 19.2. The number of nitrogens with one attached hydrogen (secondary N) is 2. The number of carbonyl (C=O) groups is 3. The van der Waals surface area contributed by atoms with E-state index in [2.05, 4.69) is 10.6 Å². The lowest BCUT2D eigenvalue weighted by Crippen LogP contribution is -2.47. The van der Waals surface area contributed by atoms with Crippen molar-refractivity contribution in [3.63, 3.8) is 0 Å². The van der Waals surface area contributed by atoms with Gasteiger partial charge in [0.15, 0.2) is 11.5 Å². The fourth-order valence-electron chi connectivity index (χ4n) is 3.89. The van der Waals surface area contributed by atoms with E-state index in [0.29, 0.717) is 30.4 Å². The molecule has 168 valence electrons. The van der Waals surface area contributed by atoms with E-state index >= 15 is 0 Å². The number of fused-ring (bicyclic) bond motifs is 1. The summed E-state index contributed by atoms with van der Waals surface area (Å²) in [5, 5.41) is 5.65. The van der Waals surface area contributed by atoms with Crippen LogP contribution in [-0.2, 0) is 14.4 Å². The molecule has 2 aromatic carbocycles. The van der Waals surface area contributed by atoms with Crippen LogP contribution in [0.3, 0.4) is 0 Å². The zero-order valence-electron chi connectivity index (χ0n) is 18.2. The largest absolute Gasteiger partial charge is 0.486 e. The van der Waals surface area contributed by atoms with Crippen molar-refractivity contribution in [2.24, 2.45) is 5.92 Å². The summed E-state index contributed by atoms with van der Waals surface area (Å²) in [6.45, 7) is 4.73. The van der Waals surface area contributed by atoms with Crippen molar-refractivity contribution in [1.29, 1.82) is 0 Å². The minimum Gasteiger partial charge on any atom is -0.486 e. The number of hydrogen-bond donors (Lipinski definition) is 2. The molecule has 2 N–H and O–H groups in total. The number of hydrogen-bond acceptors (Lipinski definition) is 5. The van der Waals surface area contributed by atoms with Crippen molar-refractivity contribution in [1.82, 2.24) is 10.6 Å². The van der Waals surface area contributed by atoms with E-state index in [1.54, 1.807) is 30.0 Å². The lowest BCUT2D eigenvalue weighted by Gasteiger charge is -2.22. The molecule has 0 aliphatic carbocycles. The van der Waals surface area contributed by atoms with E-state index < -0.39 is 12.0 Å². The number of anilines is 1. The van der Waals surface area contributed by atoms with Crippen LogP contribution in [0.15, 0.2) is 48.5 Å². The lowest BCUT2D eigenvalue weighted by atomic mass is 10.1.